The van der Waals surface area contributed by atoms with Gasteiger partial charge in [0.05, 0.1) is 5.69 Å². The molecule has 0 atom stereocenters. The van der Waals surface area contributed by atoms with Crippen LogP contribution in [0.3, 0.4) is 0 Å². The zero-order valence-electron chi connectivity index (χ0n) is 9.13. The van der Waals surface area contributed by atoms with Crippen LogP contribution in [0.5, 0.6) is 0 Å². The minimum absolute atomic E-state index is 0.896. The van der Waals surface area contributed by atoms with Crippen molar-refractivity contribution in [1.82, 2.24) is 10.2 Å². The minimum Gasteiger partial charge on any atom is -0.369 e. The third-order valence-electron chi connectivity index (χ3n) is 2.30. The van der Waals surface area contributed by atoms with Gasteiger partial charge in [-0.15, -0.1) is 0 Å². The maximum absolute atomic E-state index is 4.21. The van der Waals surface area contributed by atoms with Crippen molar-refractivity contribution in [3.05, 3.63) is 34.8 Å². The Hall–Kier alpha value is -1.29. The van der Waals surface area contributed by atoms with E-state index in [0.717, 1.165) is 34.5 Å². The predicted octanol–water partition coefficient (Wildman–Crippen LogP) is 3.66. The van der Waals surface area contributed by atoms with E-state index in [1.54, 1.807) is 0 Å². The highest BCUT2D eigenvalue weighted by molar-refractivity contribution is 9.10. The first-order valence-corrected chi connectivity index (χ1v) is 6.14. The Morgan fingerprint density at radius 3 is 2.94 bits per heavy atom. The molecule has 0 fully saturated rings. The van der Waals surface area contributed by atoms with Crippen LogP contribution in [0.15, 0.2) is 34.8 Å². The molecule has 0 amide bonds. The summed E-state index contributed by atoms with van der Waals surface area (Å²) >= 11 is 3.53. The lowest BCUT2D eigenvalue weighted by molar-refractivity contribution is 0.961. The summed E-state index contributed by atoms with van der Waals surface area (Å²) in [5.74, 6) is 0.896. The van der Waals surface area contributed by atoms with Crippen LogP contribution in [0.2, 0.25) is 0 Å². The number of benzene rings is 1. The fraction of sp³-hybridized carbons (Fsp3) is 0.250. The number of aromatic amines is 1. The summed E-state index contributed by atoms with van der Waals surface area (Å²) in [6.45, 7) is 3.08. The Morgan fingerprint density at radius 2 is 2.19 bits per heavy atom. The van der Waals surface area contributed by atoms with Crippen LogP contribution in [0.1, 0.15) is 13.3 Å². The summed E-state index contributed by atoms with van der Waals surface area (Å²) in [6.07, 6.45) is 1.09. The van der Waals surface area contributed by atoms with Gasteiger partial charge in [0.15, 0.2) is 0 Å². The van der Waals surface area contributed by atoms with E-state index in [0.29, 0.717) is 0 Å². The lowest BCUT2D eigenvalue weighted by atomic mass is 10.1. The highest BCUT2D eigenvalue weighted by Gasteiger charge is 2.05. The molecule has 0 saturated carbocycles. The summed E-state index contributed by atoms with van der Waals surface area (Å²) in [5, 5.41) is 10.5. The molecule has 2 aromatic rings. The van der Waals surface area contributed by atoms with E-state index in [1.807, 2.05) is 24.3 Å². The Balaban J connectivity index is 2.22. The zero-order chi connectivity index (χ0) is 11.4. The van der Waals surface area contributed by atoms with Crippen LogP contribution in [-0.4, -0.2) is 16.7 Å². The van der Waals surface area contributed by atoms with E-state index in [2.05, 4.69) is 44.4 Å². The molecule has 0 unspecified atom stereocenters. The normalized spacial score (nSPS) is 10.4. The summed E-state index contributed by atoms with van der Waals surface area (Å²) < 4.78 is 1.07. The molecular formula is C12H14BrN3. The van der Waals surface area contributed by atoms with Crippen molar-refractivity contribution < 1.29 is 0 Å². The van der Waals surface area contributed by atoms with Crippen LogP contribution in [0, 0.1) is 0 Å². The molecule has 16 heavy (non-hydrogen) atoms. The molecule has 2 N–H and O–H groups in total. The number of aromatic nitrogens is 2. The van der Waals surface area contributed by atoms with Gasteiger partial charge in [-0.25, -0.2) is 0 Å². The van der Waals surface area contributed by atoms with Crippen molar-refractivity contribution in [3.63, 3.8) is 0 Å². The highest BCUT2D eigenvalue weighted by atomic mass is 79.9. The second-order valence-electron chi connectivity index (χ2n) is 3.57. The van der Waals surface area contributed by atoms with Crippen molar-refractivity contribution in [2.45, 2.75) is 13.3 Å². The molecule has 0 radical (unpaired) electrons. The second kappa shape index (κ2) is 5.16. The number of hydrogen-bond acceptors (Lipinski definition) is 2. The van der Waals surface area contributed by atoms with Crippen LogP contribution >= 0.6 is 15.9 Å². The number of rotatable bonds is 4. The molecule has 0 bridgehead atoms. The molecule has 2 rings (SSSR count). The Bertz CT molecular complexity index is 465. The Labute approximate surface area is 103 Å². The van der Waals surface area contributed by atoms with E-state index in [9.17, 15) is 0 Å². The molecule has 0 aliphatic rings. The maximum atomic E-state index is 4.21. The van der Waals surface area contributed by atoms with Crippen molar-refractivity contribution in [2.24, 2.45) is 0 Å². The van der Waals surface area contributed by atoms with Gasteiger partial charge in [-0.05, 0) is 12.5 Å². The topological polar surface area (TPSA) is 40.7 Å². The second-order valence-corrected chi connectivity index (χ2v) is 4.43. The van der Waals surface area contributed by atoms with Crippen molar-refractivity contribution >= 4 is 21.7 Å². The monoisotopic (exact) mass is 279 g/mol. The average Bonchev–Trinajstić information content (AvgIpc) is 2.75. The van der Waals surface area contributed by atoms with E-state index < -0.39 is 0 Å². The average molecular weight is 280 g/mol. The number of hydrogen-bond donors (Lipinski definition) is 2. The first-order chi connectivity index (χ1) is 7.81. The van der Waals surface area contributed by atoms with E-state index in [4.69, 9.17) is 0 Å². The van der Waals surface area contributed by atoms with Crippen LogP contribution < -0.4 is 5.32 Å². The standard InChI is InChI=1S/C12H14BrN3/c1-2-7-14-12-8-11(15-16-12)9-5-3-4-6-10(9)13/h3-6,8H,2,7H2,1H3,(H2,14,15,16). The quantitative estimate of drug-likeness (QED) is 0.897. The fourth-order valence-corrected chi connectivity index (χ4v) is 1.98. The minimum atomic E-state index is 0.896. The summed E-state index contributed by atoms with van der Waals surface area (Å²) in [7, 11) is 0. The molecule has 3 nitrogen and oxygen atoms in total. The SMILES string of the molecule is CCCNc1cc(-c2ccccc2Br)[nH]n1. The number of anilines is 1. The molecule has 1 heterocycles. The Morgan fingerprint density at radius 1 is 1.38 bits per heavy atom. The number of nitrogens with one attached hydrogen (secondary N) is 2. The molecule has 0 aliphatic carbocycles. The maximum Gasteiger partial charge on any atom is 0.148 e. The number of halogens is 1. The summed E-state index contributed by atoms with van der Waals surface area (Å²) in [5.41, 5.74) is 2.14. The van der Waals surface area contributed by atoms with Crippen LogP contribution in [-0.2, 0) is 0 Å². The fourth-order valence-electron chi connectivity index (χ4n) is 1.48. The van der Waals surface area contributed by atoms with E-state index >= 15 is 0 Å². The van der Waals surface area contributed by atoms with Gasteiger partial charge in [0.25, 0.3) is 0 Å². The number of nitrogens with zero attached hydrogens (tertiary/aromatic N) is 1. The molecule has 84 valence electrons. The molecule has 0 saturated heterocycles. The first-order valence-electron chi connectivity index (χ1n) is 5.35. The van der Waals surface area contributed by atoms with Crippen LogP contribution in [0.25, 0.3) is 11.3 Å². The summed E-state index contributed by atoms with van der Waals surface area (Å²) in [6, 6.07) is 10.1. The highest BCUT2D eigenvalue weighted by Crippen LogP contribution is 2.27. The van der Waals surface area contributed by atoms with E-state index in [1.165, 1.54) is 0 Å². The molecule has 1 aromatic heterocycles. The van der Waals surface area contributed by atoms with Gasteiger partial charge >= 0.3 is 0 Å². The van der Waals surface area contributed by atoms with Gasteiger partial charge in [0.2, 0.25) is 0 Å². The van der Waals surface area contributed by atoms with Crippen molar-refractivity contribution in [2.75, 3.05) is 11.9 Å². The van der Waals surface area contributed by atoms with E-state index in [-0.39, 0.29) is 0 Å². The molecule has 1 aromatic carbocycles. The van der Waals surface area contributed by atoms with Crippen LogP contribution in [0.4, 0.5) is 5.82 Å². The largest absolute Gasteiger partial charge is 0.369 e. The van der Waals surface area contributed by atoms with Crippen molar-refractivity contribution in [1.29, 1.82) is 0 Å². The van der Waals surface area contributed by atoms with Gasteiger partial charge in [0, 0.05) is 22.6 Å². The Kier molecular flexibility index (Phi) is 3.62. The van der Waals surface area contributed by atoms with Gasteiger partial charge in [-0.1, -0.05) is 41.1 Å². The molecule has 0 aliphatic heterocycles. The van der Waals surface area contributed by atoms with Crippen molar-refractivity contribution in [3.8, 4) is 11.3 Å². The molecular weight excluding hydrogens is 266 g/mol. The van der Waals surface area contributed by atoms with Gasteiger partial charge < -0.3 is 5.32 Å². The zero-order valence-corrected chi connectivity index (χ0v) is 10.7. The van der Waals surface area contributed by atoms with Gasteiger partial charge in [-0.3, -0.25) is 5.10 Å². The molecule has 0 spiro atoms. The molecule has 4 heteroatoms. The first kappa shape index (κ1) is 11.2. The van der Waals surface area contributed by atoms with Gasteiger partial charge in [0.1, 0.15) is 5.82 Å². The lowest BCUT2D eigenvalue weighted by Crippen LogP contribution is -1.99. The third-order valence-corrected chi connectivity index (χ3v) is 2.99. The number of H-pyrrole nitrogens is 1. The summed E-state index contributed by atoms with van der Waals surface area (Å²) in [4.78, 5) is 0. The predicted molar refractivity (Wildman–Crippen MR) is 70.5 cm³/mol. The lowest BCUT2D eigenvalue weighted by Gasteiger charge is -1.99. The third kappa shape index (κ3) is 2.44. The van der Waals surface area contributed by atoms with Gasteiger partial charge in [-0.2, -0.15) is 5.10 Å². The smallest absolute Gasteiger partial charge is 0.148 e.